The lowest BCUT2D eigenvalue weighted by Crippen LogP contribution is -2.40. The van der Waals surface area contributed by atoms with Crippen LogP contribution in [0.4, 0.5) is 0 Å². The van der Waals surface area contributed by atoms with Crippen LogP contribution in [0.25, 0.3) is 0 Å². The summed E-state index contributed by atoms with van der Waals surface area (Å²) < 4.78 is 5.19. The smallest absolute Gasteiger partial charge is 0.309 e. The third-order valence-electron chi connectivity index (χ3n) is 3.47. The number of aliphatic hydroxyl groups excluding tert-OH is 1. The summed E-state index contributed by atoms with van der Waals surface area (Å²) >= 11 is 1.50. The fraction of sp³-hybridized carbons (Fsp3) is 0.294. The van der Waals surface area contributed by atoms with E-state index in [-0.39, 0.29) is 13.1 Å². The molecule has 0 aliphatic rings. The molecule has 1 atom stereocenters. The van der Waals surface area contributed by atoms with Gasteiger partial charge in [-0.25, -0.2) is 0 Å². The number of rotatable bonds is 7. The Hall–Kier alpha value is -2.38. The molecular formula is C17H20N2O4S. The second-order valence-electron chi connectivity index (χ2n) is 5.11. The van der Waals surface area contributed by atoms with Gasteiger partial charge in [0.15, 0.2) is 0 Å². The first-order valence-electron chi connectivity index (χ1n) is 7.50. The zero-order valence-electron chi connectivity index (χ0n) is 13.3. The molecule has 6 nitrogen and oxygen atoms in total. The molecule has 0 saturated carbocycles. The Balaban J connectivity index is 1.73. The molecular weight excluding hydrogens is 328 g/mol. The molecule has 0 fully saturated rings. The van der Waals surface area contributed by atoms with Crippen LogP contribution in [0.1, 0.15) is 23.7 Å². The summed E-state index contributed by atoms with van der Waals surface area (Å²) in [5.41, 5.74) is 1.60. The molecule has 128 valence electrons. The van der Waals surface area contributed by atoms with E-state index in [2.05, 4.69) is 10.6 Å². The van der Waals surface area contributed by atoms with E-state index in [4.69, 9.17) is 4.74 Å². The molecule has 1 aromatic carbocycles. The molecule has 1 heterocycles. The van der Waals surface area contributed by atoms with Gasteiger partial charge in [0.25, 0.3) is 0 Å². The number of thiophene rings is 1. The summed E-state index contributed by atoms with van der Waals surface area (Å²) in [6, 6.07) is 9.09. The fourth-order valence-electron chi connectivity index (χ4n) is 2.14. The highest BCUT2D eigenvalue weighted by Gasteiger charge is 2.14. The number of hydrogen-bond donors (Lipinski definition) is 3. The minimum absolute atomic E-state index is 0.202. The van der Waals surface area contributed by atoms with Crippen molar-refractivity contribution in [2.24, 2.45) is 0 Å². The number of para-hydroxylation sites is 1. The first-order chi connectivity index (χ1) is 11.6. The van der Waals surface area contributed by atoms with E-state index in [9.17, 15) is 14.7 Å². The molecule has 3 N–H and O–H groups in total. The van der Waals surface area contributed by atoms with E-state index in [1.807, 2.05) is 35.0 Å². The van der Waals surface area contributed by atoms with Gasteiger partial charge >= 0.3 is 11.8 Å². The van der Waals surface area contributed by atoms with Crippen molar-refractivity contribution >= 4 is 23.2 Å². The average molecular weight is 348 g/mol. The Morgan fingerprint density at radius 2 is 1.96 bits per heavy atom. The lowest BCUT2D eigenvalue weighted by Gasteiger charge is -2.11. The average Bonchev–Trinajstić information content (AvgIpc) is 3.14. The molecule has 0 aliphatic heterocycles. The van der Waals surface area contributed by atoms with Gasteiger partial charge in [0.2, 0.25) is 0 Å². The van der Waals surface area contributed by atoms with Crippen molar-refractivity contribution in [3.05, 3.63) is 52.2 Å². The van der Waals surface area contributed by atoms with Gasteiger partial charge in [0, 0.05) is 18.7 Å². The van der Waals surface area contributed by atoms with E-state index in [1.54, 1.807) is 13.2 Å². The second kappa shape index (κ2) is 9.05. The summed E-state index contributed by atoms with van der Waals surface area (Å²) in [6.07, 6.45) is -0.296. The number of carbonyl (C=O) groups is 2. The third-order valence-corrected chi connectivity index (χ3v) is 4.17. The zero-order valence-corrected chi connectivity index (χ0v) is 14.1. The number of amides is 2. The second-order valence-corrected chi connectivity index (χ2v) is 5.89. The minimum atomic E-state index is -0.720. The molecule has 1 aromatic heterocycles. The van der Waals surface area contributed by atoms with Gasteiger partial charge in [-0.1, -0.05) is 18.2 Å². The van der Waals surface area contributed by atoms with Gasteiger partial charge in [-0.2, -0.15) is 11.3 Å². The summed E-state index contributed by atoms with van der Waals surface area (Å²) in [4.78, 5) is 23.5. The highest BCUT2D eigenvalue weighted by molar-refractivity contribution is 7.07. The molecule has 0 bridgehead atoms. The van der Waals surface area contributed by atoms with Crippen LogP contribution in [0, 0.1) is 0 Å². The summed E-state index contributed by atoms with van der Waals surface area (Å²) in [5.74, 6) is -0.787. The van der Waals surface area contributed by atoms with Gasteiger partial charge in [-0.15, -0.1) is 0 Å². The van der Waals surface area contributed by atoms with Crippen molar-refractivity contribution in [1.29, 1.82) is 0 Å². The number of nitrogens with one attached hydrogen (secondary N) is 2. The van der Waals surface area contributed by atoms with Gasteiger partial charge in [0.05, 0.1) is 13.2 Å². The van der Waals surface area contributed by atoms with Crippen LogP contribution in [0.3, 0.4) is 0 Å². The predicted octanol–water partition coefficient (Wildman–Crippen LogP) is 1.61. The molecule has 0 saturated heterocycles. The van der Waals surface area contributed by atoms with Crippen molar-refractivity contribution in [3.63, 3.8) is 0 Å². The maximum Gasteiger partial charge on any atom is 0.309 e. The maximum absolute atomic E-state index is 11.8. The van der Waals surface area contributed by atoms with Gasteiger partial charge < -0.3 is 20.5 Å². The molecule has 0 spiro atoms. The standard InChI is InChI=1S/C17H20N2O4S/c1-23-15-5-3-2-4-12(15)10-19-17(22)16(21)18-8-6-14(20)13-7-9-24-11-13/h2-5,7,9,11,14,20H,6,8,10H2,1H3,(H,18,21)(H,19,22). The number of hydrogen-bond acceptors (Lipinski definition) is 5. The van der Waals surface area contributed by atoms with Crippen molar-refractivity contribution in [3.8, 4) is 5.75 Å². The van der Waals surface area contributed by atoms with Crippen LogP contribution in [0.5, 0.6) is 5.75 Å². The predicted molar refractivity (Wildman–Crippen MR) is 91.7 cm³/mol. The van der Waals surface area contributed by atoms with Crippen LogP contribution in [-0.4, -0.2) is 30.6 Å². The van der Waals surface area contributed by atoms with Crippen LogP contribution in [-0.2, 0) is 16.1 Å². The number of aliphatic hydroxyl groups is 1. The van der Waals surface area contributed by atoms with Crippen LogP contribution in [0.2, 0.25) is 0 Å². The Labute approximate surface area is 144 Å². The van der Waals surface area contributed by atoms with Crippen LogP contribution >= 0.6 is 11.3 Å². The highest BCUT2D eigenvalue weighted by atomic mass is 32.1. The van der Waals surface area contributed by atoms with Crippen LogP contribution < -0.4 is 15.4 Å². The lowest BCUT2D eigenvalue weighted by atomic mass is 10.1. The molecule has 7 heteroatoms. The van der Waals surface area contributed by atoms with Crippen molar-refractivity contribution in [2.75, 3.05) is 13.7 Å². The normalized spacial score (nSPS) is 11.6. The van der Waals surface area contributed by atoms with E-state index in [1.165, 1.54) is 11.3 Å². The monoisotopic (exact) mass is 348 g/mol. The number of ether oxygens (including phenoxy) is 1. The number of methoxy groups -OCH3 is 1. The molecule has 24 heavy (non-hydrogen) atoms. The number of carbonyl (C=O) groups excluding carboxylic acids is 2. The Bertz CT molecular complexity index is 673. The summed E-state index contributed by atoms with van der Waals surface area (Å²) in [7, 11) is 1.55. The fourth-order valence-corrected chi connectivity index (χ4v) is 2.85. The third kappa shape index (κ3) is 5.07. The number of benzene rings is 1. The topological polar surface area (TPSA) is 87.7 Å². The SMILES string of the molecule is COc1ccccc1CNC(=O)C(=O)NCCC(O)c1ccsc1. The van der Waals surface area contributed by atoms with Crippen molar-refractivity contribution in [1.82, 2.24) is 10.6 Å². The molecule has 1 unspecified atom stereocenters. The van der Waals surface area contributed by atoms with Gasteiger partial charge in [0.1, 0.15) is 5.75 Å². The highest BCUT2D eigenvalue weighted by Crippen LogP contribution is 2.18. The Morgan fingerprint density at radius 3 is 2.67 bits per heavy atom. The van der Waals surface area contributed by atoms with Crippen molar-refractivity contribution in [2.45, 2.75) is 19.1 Å². The van der Waals surface area contributed by atoms with E-state index in [0.717, 1.165) is 11.1 Å². The van der Waals surface area contributed by atoms with Gasteiger partial charge in [-0.05, 0) is 34.9 Å². The zero-order chi connectivity index (χ0) is 17.4. The Morgan fingerprint density at radius 1 is 1.21 bits per heavy atom. The van der Waals surface area contributed by atoms with E-state index in [0.29, 0.717) is 12.2 Å². The van der Waals surface area contributed by atoms with E-state index >= 15 is 0 Å². The molecule has 2 amide bonds. The molecule has 0 aliphatic carbocycles. The summed E-state index contributed by atoms with van der Waals surface area (Å²) in [5, 5.41) is 18.7. The Kier molecular flexibility index (Phi) is 6.77. The summed E-state index contributed by atoms with van der Waals surface area (Å²) in [6.45, 7) is 0.422. The quantitative estimate of drug-likeness (QED) is 0.664. The van der Waals surface area contributed by atoms with Crippen molar-refractivity contribution < 1.29 is 19.4 Å². The molecule has 2 aromatic rings. The maximum atomic E-state index is 11.8. The minimum Gasteiger partial charge on any atom is -0.496 e. The first-order valence-corrected chi connectivity index (χ1v) is 8.44. The first kappa shape index (κ1) is 18.0. The van der Waals surface area contributed by atoms with E-state index < -0.39 is 17.9 Å². The lowest BCUT2D eigenvalue weighted by molar-refractivity contribution is -0.139. The van der Waals surface area contributed by atoms with Crippen LogP contribution in [0.15, 0.2) is 41.1 Å². The largest absolute Gasteiger partial charge is 0.496 e. The van der Waals surface area contributed by atoms with Gasteiger partial charge in [-0.3, -0.25) is 9.59 Å². The molecule has 0 radical (unpaired) electrons. The molecule has 2 rings (SSSR count).